The van der Waals surface area contributed by atoms with Crippen molar-refractivity contribution in [3.8, 4) is 5.75 Å². The second-order valence-corrected chi connectivity index (χ2v) is 4.84. The van der Waals surface area contributed by atoms with Gasteiger partial charge >= 0.3 is 0 Å². The summed E-state index contributed by atoms with van der Waals surface area (Å²) in [5.74, 6) is 0.171. The zero-order valence-electron chi connectivity index (χ0n) is 9.38. The van der Waals surface area contributed by atoms with Gasteiger partial charge in [0, 0.05) is 12.6 Å². The van der Waals surface area contributed by atoms with Crippen LogP contribution in [0.4, 0.5) is 0 Å². The van der Waals surface area contributed by atoms with Gasteiger partial charge in [0.25, 0.3) is 0 Å². The molecule has 16 heavy (non-hydrogen) atoms. The van der Waals surface area contributed by atoms with E-state index in [-0.39, 0.29) is 5.75 Å². The van der Waals surface area contributed by atoms with E-state index in [1.54, 1.807) is 6.07 Å². The van der Waals surface area contributed by atoms with Crippen molar-refractivity contribution in [3.63, 3.8) is 0 Å². The van der Waals surface area contributed by atoms with Crippen LogP contribution in [0.25, 0.3) is 0 Å². The first-order valence-corrected chi connectivity index (χ1v) is 6.35. The summed E-state index contributed by atoms with van der Waals surface area (Å²) in [4.78, 5) is 0. The summed E-state index contributed by atoms with van der Waals surface area (Å²) >= 11 is 6.02. The number of rotatable bonds is 3. The van der Waals surface area contributed by atoms with Crippen molar-refractivity contribution in [1.29, 1.82) is 0 Å². The summed E-state index contributed by atoms with van der Waals surface area (Å²) in [6.45, 7) is 0.748. The third-order valence-corrected chi connectivity index (χ3v) is 3.68. The number of hydrogen-bond donors (Lipinski definition) is 2. The Labute approximate surface area is 102 Å². The lowest BCUT2D eigenvalue weighted by Gasteiger charge is -2.23. The minimum Gasteiger partial charge on any atom is -0.506 e. The summed E-state index contributed by atoms with van der Waals surface area (Å²) < 4.78 is 0. The van der Waals surface area contributed by atoms with Crippen molar-refractivity contribution in [1.82, 2.24) is 5.32 Å². The molecule has 2 nitrogen and oxygen atoms in total. The van der Waals surface area contributed by atoms with Crippen molar-refractivity contribution in [2.75, 3.05) is 0 Å². The summed E-state index contributed by atoms with van der Waals surface area (Å²) in [5.41, 5.74) is 0.979. The average molecular weight is 240 g/mol. The van der Waals surface area contributed by atoms with Crippen LogP contribution in [0, 0.1) is 0 Å². The van der Waals surface area contributed by atoms with Gasteiger partial charge in [0.2, 0.25) is 0 Å². The van der Waals surface area contributed by atoms with Gasteiger partial charge < -0.3 is 10.4 Å². The Balaban J connectivity index is 1.91. The minimum absolute atomic E-state index is 0.171. The van der Waals surface area contributed by atoms with Crippen LogP contribution in [0.1, 0.15) is 37.7 Å². The molecule has 0 heterocycles. The number of benzene rings is 1. The highest BCUT2D eigenvalue weighted by Gasteiger charge is 2.13. The van der Waals surface area contributed by atoms with E-state index in [0.29, 0.717) is 11.1 Å². The second-order valence-electron chi connectivity index (χ2n) is 4.47. The molecule has 0 amide bonds. The Morgan fingerprint density at radius 2 is 2.00 bits per heavy atom. The van der Waals surface area contributed by atoms with Gasteiger partial charge in [0.15, 0.2) is 0 Å². The standard InChI is InChI=1S/C13H18ClNO/c14-13-10(5-4-8-12(13)16)9-15-11-6-2-1-3-7-11/h4-5,8,11,15-16H,1-3,6-7,9H2. The van der Waals surface area contributed by atoms with Gasteiger partial charge in [0.1, 0.15) is 5.75 Å². The quantitative estimate of drug-likeness (QED) is 0.847. The molecule has 0 atom stereocenters. The van der Waals surface area contributed by atoms with E-state index in [2.05, 4.69) is 5.32 Å². The first-order chi connectivity index (χ1) is 7.77. The first-order valence-electron chi connectivity index (χ1n) is 5.97. The van der Waals surface area contributed by atoms with Crippen LogP contribution in [0.3, 0.4) is 0 Å². The van der Waals surface area contributed by atoms with Crippen molar-refractivity contribution in [2.24, 2.45) is 0 Å². The number of halogens is 1. The normalized spacial score (nSPS) is 17.6. The molecular formula is C13H18ClNO. The molecule has 1 fully saturated rings. The van der Waals surface area contributed by atoms with E-state index >= 15 is 0 Å². The number of nitrogens with one attached hydrogen (secondary N) is 1. The number of hydrogen-bond acceptors (Lipinski definition) is 2. The summed E-state index contributed by atoms with van der Waals surface area (Å²) in [6.07, 6.45) is 6.54. The predicted molar refractivity (Wildman–Crippen MR) is 66.8 cm³/mol. The molecule has 0 radical (unpaired) electrons. The largest absolute Gasteiger partial charge is 0.506 e. The summed E-state index contributed by atoms with van der Waals surface area (Å²) in [7, 11) is 0. The lowest BCUT2D eigenvalue weighted by molar-refractivity contribution is 0.372. The summed E-state index contributed by atoms with van der Waals surface area (Å²) in [6, 6.07) is 6.02. The molecule has 0 bridgehead atoms. The van der Waals surface area contributed by atoms with Crippen molar-refractivity contribution < 1.29 is 5.11 Å². The highest BCUT2D eigenvalue weighted by Crippen LogP contribution is 2.27. The Morgan fingerprint density at radius 3 is 2.75 bits per heavy atom. The molecule has 0 aromatic heterocycles. The van der Waals surface area contributed by atoms with Crippen molar-refractivity contribution in [3.05, 3.63) is 28.8 Å². The van der Waals surface area contributed by atoms with E-state index in [0.717, 1.165) is 12.1 Å². The zero-order chi connectivity index (χ0) is 11.4. The van der Waals surface area contributed by atoms with Gasteiger partial charge in [0.05, 0.1) is 5.02 Å². The van der Waals surface area contributed by atoms with Gasteiger partial charge in [-0.15, -0.1) is 0 Å². The molecule has 0 unspecified atom stereocenters. The molecule has 0 saturated heterocycles. The predicted octanol–water partition coefficient (Wildman–Crippen LogP) is 3.47. The third kappa shape index (κ3) is 2.89. The Hall–Kier alpha value is -0.730. The molecule has 3 heteroatoms. The fraction of sp³-hybridized carbons (Fsp3) is 0.538. The lowest BCUT2D eigenvalue weighted by Crippen LogP contribution is -2.30. The van der Waals surface area contributed by atoms with Crippen LogP contribution in [0.15, 0.2) is 18.2 Å². The van der Waals surface area contributed by atoms with Crippen molar-refractivity contribution >= 4 is 11.6 Å². The van der Waals surface area contributed by atoms with Gasteiger partial charge in [-0.05, 0) is 24.5 Å². The Bertz CT molecular complexity index is 348. The molecule has 2 N–H and O–H groups in total. The molecule has 2 rings (SSSR count). The van der Waals surface area contributed by atoms with Gasteiger partial charge in [-0.2, -0.15) is 0 Å². The molecule has 1 aromatic rings. The number of aromatic hydroxyl groups is 1. The molecule has 1 saturated carbocycles. The summed E-state index contributed by atoms with van der Waals surface area (Å²) in [5, 5.41) is 13.5. The Kier molecular flexibility index (Phi) is 4.08. The van der Waals surface area contributed by atoms with Crippen LogP contribution in [0.5, 0.6) is 5.75 Å². The third-order valence-electron chi connectivity index (χ3n) is 3.24. The molecule has 88 valence electrons. The maximum absolute atomic E-state index is 9.48. The van der Waals surface area contributed by atoms with Crippen LogP contribution in [-0.4, -0.2) is 11.1 Å². The van der Waals surface area contributed by atoms with E-state index in [1.807, 2.05) is 12.1 Å². The SMILES string of the molecule is Oc1cccc(CNC2CCCCC2)c1Cl. The van der Waals surface area contributed by atoms with Crippen LogP contribution < -0.4 is 5.32 Å². The first kappa shape index (κ1) is 11.7. The molecule has 0 aliphatic heterocycles. The van der Waals surface area contributed by atoms with E-state index < -0.39 is 0 Å². The maximum atomic E-state index is 9.48. The monoisotopic (exact) mass is 239 g/mol. The smallest absolute Gasteiger partial charge is 0.134 e. The molecule has 1 aliphatic rings. The van der Waals surface area contributed by atoms with Gasteiger partial charge in [-0.1, -0.05) is 43.0 Å². The fourth-order valence-corrected chi connectivity index (χ4v) is 2.46. The van der Waals surface area contributed by atoms with E-state index in [4.69, 9.17) is 11.6 Å². The van der Waals surface area contributed by atoms with Crippen LogP contribution in [-0.2, 0) is 6.54 Å². The van der Waals surface area contributed by atoms with Crippen LogP contribution in [0.2, 0.25) is 5.02 Å². The second kappa shape index (κ2) is 5.55. The molecule has 1 aromatic carbocycles. The van der Waals surface area contributed by atoms with Crippen LogP contribution >= 0.6 is 11.6 Å². The molecule has 1 aliphatic carbocycles. The average Bonchev–Trinajstić information content (AvgIpc) is 2.32. The Morgan fingerprint density at radius 1 is 1.25 bits per heavy atom. The van der Waals surface area contributed by atoms with E-state index in [1.165, 1.54) is 32.1 Å². The fourth-order valence-electron chi connectivity index (χ4n) is 2.26. The van der Waals surface area contributed by atoms with E-state index in [9.17, 15) is 5.11 Å². The van der Waals surface area contributed by atoms with Crippen molar-refractivity contribution in [2.45, 2.75) is 44.7 Å². The molecular weight excluding hydrogens is 222 g/mol. The number of phenols is 1. The van der Waals surface area contributed by atoms with Gasteiger partial charge in [-0.25, -0.2) is 0 Å². The lowest BCUT2D eigenvalue weighted by atomic mass is 9.95. The highest BCUT2D eigenvalue weighted by molar-refractivity contribution is 6.32. The minimum atomic E-state index is 0.171. The zero-order valence-corrected chi connectivity index (χ0v) is 10.1. The topological polar surface area (TPSA) is 32.3 Å². The highest BCUT2D eigenvalue weighted by atomic mass is 35.5. The number of phenolic OH excluding ortho intramolecular Hbond substituents is 1. The molecule has 0 spiro atoms. The van der Waals surface area contributed by atoms with Gasteiger partial charge in [-0.3, -0.25) is 0 Å². The maximum Gasteiger partial charge on any atom is 0.134 e.